The second-order valence-electron chi connectivity index (χ2n) is 3.54. The minimum atomic E-state index is -0.813. The Morgan fingerprint density at radius 3 is 2.36 bits per heavy atom. The first-order valence-corrected chi connectivity index (χ1v) is 4.39. The second-order valence-corrected chi connectivity index (χ2v) is 3.54. The van der Waals surface area contributed by atoms with E-state index in [1.807, 2.05) is 0 Å². The molecule has 0 aliphatic heterocycles. The summed E-state index contributed by atoms with van der Waals surface area (Å²) in [7, 11) is 0. The summed E-state index contributed by atoms with van der Waals surface area (Å²) in [6.45, 7) is 0. The zero-order valence-electron chi connectivity index (χ0n) is 7.54. The van der Waals surface area contributed by atoms with Gasteiger partial charge in [0, 0.05) is 6.04 Å². The summed E-state index contributed by atoms with van der Waals surface area (Å²) in [5.74, 6) is -1.16. The van der Waals surface area contributed by atoms with Gasteiger partial charge in [-0.3, -0.25) is 0 Å². The fourth-order valence-electron chi connectivity index (χ4n) is 1.45. The van der Waals surface area contributed by atoms with Crippen LogP contribution in [0.1, 0.15) is 24.4 Å². The molecule has 1 saturated carbocycles. The molecule has 0 radical (unpaired) electrons. The molecule has 2 N–H and O–H groups in total. The van der Waals surface area contributed by atoms with Crippen molar-refractivity contribution in [2.24, 2.45) is 11.7 Å². The molecule has 78 valence electrons. The van der Waals surface area contributed by atoms with E-state index in [0.717, 1.165) is 18.9 Å². The van der Waals surface area contributed by atoms with Gasteiger partial charge in [0.05, 0.1) is 0 Å². The molecule has 1 aliphatic carbocycles. The van der Waals surface area contributed by atoms with Crippen LogP contribution in [0.4, 0.5) is 8.78 Å². The number of rotatable bonds is 2. The highest BCUT2D eigenvalue weighted by Gasteiger charge is 2.29. The van der Waals surface area contributed by atoms with E-state index in [-0.39, 0.29) is 18.4 Å². The highest BCUT2D eigenvalue weighted by Crippen LogP contribution is 2.39. The maximum Gasteiger partial charge on any atom is 0.159 e. The van der Waals surface area contributed by atoms with Gasteiger partial charge in [0.1, 0.15) is 0 Å². The third kappa shape index (κ3) is 2.22. The second kappa shape index (κ2) is 4.24. The monoisotopic (exact) mass is 219 g/mol. The predicted octanol–water partition coefficient (Wildman–Crippen LogP) is 2.80. The number of hydrogen-bond donors (Lipinski definition) is 1. The maximum atomic E-state index is 12.8. The first-order chi connectivity index (χ1) is 6.18. The average molecular weight is 220 g/mol. The van der Waals surface area contributed by atoms with Crippen molar-refractivity contribution in [3.05, 3.63) is 35.4 Å². The number of hydrogen-bond acceptors (Lipinski definition) is 1. The van der Waals surface area contributed by atoms with Crippen molar-refractivity contribution in [1.29, 1.82) is 0 Å². The molecule has 0 spiro atoms. The highest BCUT2D eigenvalue weighted by molar-refractivity contribution is 5.85. The molecule has 4 heteroatoms. The Morgan fingerprint density at radius 2 is 1.86 bits per heavy atom. The molecular formula is C10H12ClF2N. The first kappa shape index (κ1) is 11.4. The Balaban J connectivity index is 0.000000980. The average Bonchev–Trinajstić information content (AvgIpc) is 2.91. The van der Waals surface area contributed by atoms with Crippen LogP contribution >= 0.6 is 12.4 Å². The molecule has 0 bridgehead atoms. The molecule has 0 aromatic heterocycles. The SMILES string of the molecule is Cl.NC(c1ccc(F)c(F)c1)C1CC1. The van der Waals surface area contributed by atoms with Gasteiger partial charge in [-0.2, -0.15) is 0 Å². The van der Waals surface area contributed by atoms with E-state index < -0.39 is 11.6 Å². The zero-order chi connectivity index (χ0) is 9.42. The number of nitrogens with two attached hydrogens (primary N) is 1. The molecule has 1 fully saturated rings. The Kier molecular flexibility index (Phi) is 3.45. The van der Waals surface area contributed by atoms with Crippen molar-refractivity contribution in [3.8, 4) is 0 Å². The van der Waals surface area contributed by atoms with Crippen LogP contribution in [-0.4, -0.2) is 0 Å². The molecule has 1 aromatic rings. The summed E-state index contributed by atoms with van der Waals surface area (Å²) in [6, 6.07) is 3.75. The molecule has 0 saturated heterocycles. The zero-order valence-corrected chi connectivity index (χ0v) is 8.36. The molecule has 14 heavy (non-hydrogen) atoms. The summed E-state index contributed by atoms with van der Waals surface area (Å²) < 4.78 is 25.4. The summed E-state index contributed by atoms with van der Waals surface area (Å²) in [5.41, 5.74) is 6.53. The summed E-state index contributed by atoms with van der Waals surface area (Å²) in [6.07, 6.45) is 2.19. The highest BCUT2D eigenvalue weighted by atomic mass is 35.5. The fourth-order valence-corrected chi connectivity index (χ4v) is 1.45. The van der Waals surface area contributed by atoms with Crippen molar-refractivity contribution in [2.75, 3.05) is 0 Å². The quantitative estimate of drug-likeness (QED) is 0.813. The number of benzene rings is 1. The lowest BCUT2D eigenvalue weighted by atomic mass is 10.0. The van der Waals surface area contributed by atoms with Gasteiger partial charge in [0.2, 0.25) is 0 Å². The van der Waals surface area contributed by atoms with E-state index in [4.69, 9.17) is 5.73 Å². The van der Waals surface area contributed by atoms with Crippen molar-refractivity contribution in [3.63, 3.8) is 0 Å². The normalized spacial score (nSPS) is 17.4. The van der Waals surface area contributed by atoms with Gasteiger partial charge in [-0.1, -0.05) is 6.07 Å². The van der Waals surface area contributed by atoms with Crippen LogP contribution in [0.15, 0.2) is 18.2 Å². The molecule has 1 atom stereocenters. The molecule has 1 aromatic carbocycles. The van der Waals surface area contributed by atoms with E-state index in [1.54, 1.807) is 6.07 Å². The molecule has 2 rings (SSSR count). The van der Waals surface area contributed by atoms with Gasteiger partial charge >= 0.3 is 0 Å². The van der Waals surface area contributed by atoms with Crippen LogP contribution in [0.3, 0.4) is 0 Å². The summed E-state index contributed by atoms with van der Waals surface area (Å²) >= 11 is 0. The minimum Gasteiger partial charge on any atom is -0.324 e. The number of halogens is 3. The minimum absolute atomic E-state index is 0. The molecule has 0 heterocycles. The molecule has 1 nitrogen and oxygen atoms in total. The van der Waals surface area contributed by atoms with E-state index in [1.165, 1.54) is 6.07 Å². The van der Waals surface area contributed by atoms with Crippen molar-refractivity contribution >= 4 is 12.4 Å². The van der Waals surface area contributed by atoms with E-state index in [2.05, 4.69) is 0 Å². The summed E-state index contributed by atoms with van der Waals surface area (Å²) in [4.78, 5) is 0. The Labute approximate surface area is 87.7 Å². The molecule has 1 aliphatic rings. The Morgan fingerprint density at radius 1 is 1.21 bits per heavy atom. The van der Waals surface area contributed by atoms with Crippen LogP contribution in [0.5, 0.6) is 0 Å². The predicted molar refractivity (Wildman–Crippen MR) is 53.3 cm³/mol. The van der Waals surface area contributed by atoms with Gasteiger partial charge in [-0.05, 0) is 36.5 Å². The molecular weight excluding hydrogens is 208 g/mol. The van der Waals surface area contributed by atoms with Crippen molar-refractivity contribution in [2.45, 2.75) is 18.9 Å². The van der Waals surface area contributed by atoms with E-state index in [9.17, 15) is 8.78 Å². The lowest BCUT2D eigenvalue weighted by molar-refractivity contribution is 0.503. The fraction of sp³-hybridized carbons (Fsp3) is 0.400. The van der Waals surface area contributed by atoms with Crippen molar-refractivity contribution < 1.29 is 8.78 Å². The Bertz CT molecular complexity index is 326. The van der Waals surface area contributed by atoms with Crippen LogP contribution in [0.25, 0.3) is 0 Å². The van der Waals surface area contributed by atoms with E-state index >= 15 is 0 Å². The van der Waals surface area contributed by atoms with E-state index in [0.29, 0.717) is 11.5 Å². The molecule has 1 unspecified atom stereocenters. The van der Waals surface area contributed by atoms with Crippen LogP contribution in [0.2, 0.25) is 0 Å². The third-order valence-electron chi connectivity index (χ3n) is 2.46. The lowest BCUT2D eigenvalue weighted by Gasteiger charge is -2.10. The van der Waals surface area contributed by atoms with Gasteiger partial charge in [-0.25, -0.2) is 8.78 Å². The van der Waals surface area contributed by atoms with Crippen LogP contribution in [-0.2, 0) is 0 Å². The topological polar surface area (TPSA) is 26.0 Å². The van der Waals surface area contributed by atoms with Gasteiger partial charge in [0.25, 0.3) is 0 Å². The first-order valence-electron chi connectivity index (χ1n) is 4.39. The lowest BCUT2D eigenvalue weighted by Crippen LogP contribution is -2.12. The maximum absolute atomic E-state index is 12.8. The van der Waals surface area contributed by atoms with Gasteiger partial charge in [0.15, 0.2) is 11.6 Å². The molecule has 0 amide bonds. The van der Waals surface area contributed by atoms with Crippen LogP contribution in [0, 0.1) is 17.6 Å². The van der Waals surface area contributed by atoms with Crippen LogP contribution < -0.4 is 5.73 Å². The smallest absolute Gasteiger partial charge is 0.159 e. The largest absolute Gasteiger partial charge is 0.324 e. The van der Waals surface area contributed by atoms with Gasteiger partial charge < -0.3 is 5.73 Å². The standard InChI is InChI=1S/C10H11F2N.ClH/c11-8-4-3-7(5-9(8)12)10(13)6-1-2-6;/h3-6,10H,1-2,13H2;1H. The van der Waals surface area contributed by atoms with Gasteiger partial charge in [-0.15, -0.1) is 12.4 Å². The Hall–Kier alpha value is -0.670. The van der Waals surface area contributed by atoms with Crippen molar-refractivity contribution in [1.82, 2.24) is 0 Å². The summed E-state index contributed by atoms with van der Waals surface area (Å²) in [5, 5.41) is 0. The third-order valence-corrected chi connectivity index (χ3v) is 2.46.